The molecule has 31 heavy (non-hydrogen) atoms. The van der Waals surface area contributed by atoms with E-state index in [0.717, 1.165) is 52.0 Å². The molecule has 0 amide bonds. The summed E-state index contributed by atoms with van der Waals surface area (Å²) in [7, 11) is 0. The van der Waals surface area contributed by atoms with Crippen molar-refractivity contribution in [1.29, 1.82) is 0 Å². The van der Waals surface area contributed by atoms with Gasteiger partial charge in [-0.3, -0.25) is 0 Å². The van der Waals surface area contributed by atoms with Crippen molar-refractivity contribution in [2.24, 2.45) is 0 Å². The van der Waals surface area contributed by atoms with Gasteiger partial charge in [0.05, 0.1) is 11.8 Å². The minimum absolute atomic E-state index is 0.0786. The number of nitrogens with zero attached hydrogens (tertiary/aromatic N) is 5. The highest BCUT2D eigenvalue weighted by molar-refractivity contribution is 6.29. The molecule has 0 spiro atoms. The Labute approximate surface area is 183 Å². The number of aromatic nitrogens is 4. The van der Waals surface area contributed by atoms with E-state index in [1.165, 1.54) is 28.9 Å². The summed E-state index contributed by atoms with van der Waals surface area (Å²) < 4.78 is 35.5. The molecule has 2 saturated heterocycles. The standard InChI is InChI=1S/C21H23ClF2N6O/c22-17-12-25-21-20(26-13-4-8-29(9-5-13)14-6-10-31-11-7-14)27-19(28-30(17)21)18-15(23)2-1-3-16(18)24/h1-3,12-14H,4-11H2,(H,26,27,28). The number of nitrogens with one attached hydrogen (secondary N) is 1. The molecule has 0 aliphatic carbocycles. The Kier molecular flexibility index (Phi) is 5.73. The van der Waals surface area contributed by atoms with E-state index in [0.29, 0.717) is 17.5 Å². The van der Waals surface area contributed by atoms with Crippen molar-refractivity contribution in [2.75, 3.05) is 31.6 Å². The van der Waals surface area contributed by atoms with Crippen LogP contribution in [0.4, 0.5) is 14.6 Å². The van der Waals surface area contributed by atoms with Crippen molar-refractivity contribution in [3.63, 3.8) is 0 Å². The van der Waals surface area contributed by atoms with Crippen LogP contribution in [-0.4, -0.2) is 62.9 Å². The number of anilines is 1. The first kappa shape index (κ1) is 20.5. The van der Waals surface area contributed by atoms with Gasteiger partial charge in [-0.15, -0.1) is 5.10 Å². The SMILES string of the molecule is Fc1cccc(F)c1-c1nc(NC2CCN(C3CCOCC3)CC2)c2ncc(Cl)n2n1. The zero-order valence-electron chi connectivity index (χ0n) is 16.9. The van der Waals surface area contributed by atoms with E-state index < -0.39 is 11.6 Å². The lowest BCUT2D eigenvalue weighted by molar-refractivity contribution is 0.0262. The van der Waals surface area contributed by atoms with Crippen molar-refractivity contribution in [1.82, 2.24) is 24.5 Å². The molecule has 2 aliphatic rings. The highest BCUT2D eigenvalue weighted by Crippen LogP contribution is 2.28. The van der Waals surface area contributed by atoms with E-state index in [1.807, 2.05) is 0 Å². The minimum Gasteiger partial charge on any atom is -0.381 e. The predicted molar refractivity (Wildman–Crippen MR) is 113 cm³/mol. The van der Waals surface area contributed by atoms with Gasteiger partial charge in [0.1, 0.15) is 11.6 Å². The van der Waals surface area contributed by atoms with Crippen LogP contribution in [0.15, 0.2) is 24.4 Å². The van der Waals surface area contributed by atoms with Crippen LogP contribution in [-0.2, 0) is 4.74 Å². The average Bonchev–Trinajstić information content (AvgIpc) is 3.16. The Hall–Kier alpha value is -2.36. The summed E-state index contributed by atoms with van der Waals surface area (Å²) in [5.41, 5.74) is 0.143. The number of hydrogen-bond donors (Lipinski definition) is 1. The molecule has 5 rings (SSSR count). The molecule has 0 atom stereocenters. The Morgan fingerprint density at radius 3 is 2.48 bits per heavy atom. The summed E-state index contributed by atoms with van der Waals surface area (Å²) in [6, 6.07) is 4.43. The van der Waals surface area contributed by atoms with E-state index in [1.54, 1.807) is 0 Å². The fourth-order valence-corrected chi connectivity index (χ4v) is 4.59. The van der Waals surface area contributed by atoms with Gasteiger partial charge in [-0.2, -0.15) is 4.52 Å². The largest absolute Gasteiger partial charge is 0.381 e. The molecule has 0 bridgehead atoms. The third-order valence-corrected chi connectivity index (χ3v) is 6.34. The molecule has 3 aromatic rings. The lowest BCUT2D eigenvalue weighted by atomic mass is 10.00. The number of hydrogen-bond acceptors (Lipinski definition) is 6. The van der Waals surface area contributed by atoms with Gasteiger partial charge in [0, 0.05) is 38.4 Å². The molecule has 2 aliphatic heterocycles. The Balaban J connectivity index is 1.40. The Bertz CT molecular complexity index is 1060. The van der Waals surface area contributed by atoms with Crippen molar-refractivity contribution in [3.8, 4) is 11.4 Å². The number of ether oxygens (including phenoxy) is 1. The first-order valence-corrected chi connectivity index (χ1v) is 10.9. The van der Waals surface area contributed by atoms with Crippen LogP contribution in [0.5, 0.6) is 0 Å². The maximum atomic E-state index is 14.4. The smallest absolute Gasteiger partial charge is 0.198 e. The number of benzene rings is 1. The number of imidazole rings is 1. The molecular formula is C21H23ClF2N6O. The Morgan fingerprint density at radius 2 is 1.77 bits per heavy atom. The number of likely N-dealkylation sites (tertiary alicyclic amines) is 1. The summed E-state index contributed by atoms with van der Waals surface area (Å²) in [5.74, 6) is -1.12. The number of halogens is 3. The highest BCUT2D eigenvalue weighted by atomic mass is 35.5. The molecule has 0 unspecified atom stereocenters. The van der Waals surface area contributed by atoms with Crippen molar-refractivity contribution in [2.45, 2.75) is 37.8 Å². The molecule has 7 nitrogen and oxygen atoms in total. The molecule has 0 radical (unpaired) electrons. The first-order chi connectivity index (χ1) is 15.1. The Morgan fingerprint density at radius 1 is 1.06 bits per heavy atom. The lowest BCUT2D eigenvalue weighted by Gasteiger charge is -2.39. The predicted octanol–water partition coefficient (Wildman–Crippen LogP) is 3.78. The van der Waals surface area contributed by atoms with Gasteiger partial charge in [0.2, 0.25) is 0 Å². The van der Waals surface area contributed by atoms with Crippen LogP contribution in [0.25, 0.3) is 17.0 Å². The van der Waals surface area contributed by atoms with Crippen molar-refractivity contribution < 1.29 is 13.5 Å². The monoisotopic (exact) mass is 448 g/mol. The fraction of sp³-hybridized carbons (Fsp3) is 0.476. The molecule has 1 aromatic carbocycles. The van der Waals surface area contributed by atoms with Crippen LogP contribution in [0.3, 0.4) is 0 Å². The second-order valence-corrected chi connectivity index (χ2v) is 8.38. The second-order valence-electron chi connectivity index (χ2n) is 8.00. The second kappa shape index (κ2) is 8.64. The maximum Gasteiger partial charge on any atom is 0.198 e. The van der Waals surface area contributed by atoms with Crippen LogP contribution in [0.1, 0.15) is 25.7 Å². The molecule has 2 aromatic heterocycles. The minimum atomic E-state index is -0.730. The molecule has 164 valence electrons. The third kappa shape index (κ3) is 4.09. The lowest BCUT2D eigenvalue weighted by Crippen LogP contribution is -2.46. The zero-order valence-corrected chi connectivity index (χ0v) is 17.7. The van der Waals surface area contributed by atoms with Gasteiger partial charge in [-0.05, 0) is 37.8 Å². The molecule has 0 saturated carbocycles. The van der Waals surface area contributed by atoms with Crippen LogP contribution >= 0.6 is 11.6 Å². The number of rotatable bonds is 4. The van der Waals surface area contributed by atoms with E-state index in [2.05, 4.69) is 25.3 Å². The fourth-order valence-electron chi connectivity index (χ4n) is 4.42. The van der Waals surface area contributed by atoms with E-state index in [-0.39, 0.29) is 22.6 Å². The topological polar surface area (TPSA) is 67.6 Å². The van der Waals surface area contributed by atoms with Crippen molar-refractivity contribution in [3.05, 3.63) is 41.2 Å². The third-order valence-electron chi connectivity index (χ3n) is 6.08. The van der Waals surface area contributed by atoms with Crippen LogP contribution in [0.2, 0.25) is 5.15 Å². The molecule has 2 fully saturated rings. The maximum absolute atomic E-state index is 14.4. The van der Waals surface area contributed by atoms with E-state index in [9.17, 15) is 8.78 Å². The first-order valence-electron chi connectivity index (χ1n) is 10.5. The molecule has 10 heteroatoms. The van der Waals surface area contributed by atoms with Gasteiger partial charge in [-0.1, -0.05) is 17.7 Å². The highest BCUT2D eigenvalue weighted by Gasteiger charge is 2.27. The van der Waals surface area contributed by atoms with Gasteiger partial charge in [-0.25, -0.2) is 18.7 Å². The quantitative estimate of drug-likeness (QED) is 0.655. The normalized spacial score (nSPS) is 19.2. The van der Waals surface area contributed by atoms with Gasteiger partial charge < -0.3 is 15.0 Å². The summed E-state index contributed by atoms with van der Waals surface area (Å²) in [6.45, 7) is 3.62. The van der Waals surface area contributed by atoms with Crippen molar-refractivity contribution >= 4 is 23.1 Å². The summed E-state index contributed by atoms with van der Waals surface area (Å²) in [6.07, 6.45) is 5.48. The molecular weight excluding hydrogens is 426 g/mol. The number of piperidine rings is 1. The average molecular weight is 449 g/mol. The number of fused-ring (bicyclic) bond motifs is 1. The summed E-state index contributed by atoms with van der Waals surface area (Å²) >= 11 is 6.21. The van der Waals surface area contributed by atoms with Gasteiger partial charge in [0.15, 0.2) is 22.4 Å². The van der Waals surface area contributed by atoms with Gasteiger partial charge in [0.25, 0.3) is 0 Å². The van der Waals surface area contributed by atoms with E-state index in [4.69, 9.17) is 16.3 Å². The summed E-state index contributed by atoms with van der Waals surface area (Å²) in [5, 5.41) is 7.89. The van der Waals surface area contributed by atoms with Crippen LogP contribution in [0, 0.1) is 11.6 Å². The molecule has 1 N–H and O–H groups in total. The van der Waals surface area contributed by atoms with E-state index >= 15 is 0 Å². The van der Waals surface area contributed by atoms with Gasteiger partial charge >= 0.3 is 0 Å². The van der Waals surface area contributed by atoms with Crippen LogP contribution < -0.4 is 5.32 Å². The summed E-state index contributed by atoms with van der Waals surface area (Å²) in [4.78, 5) is 11.2. The zero-order chi connectivity index (χ0) is 21.4. The molecule has 4 heterocycles.